The van der Waals surface area contributed by atoms with Gasteiger partial charge in [0.25, 0.3) is 20.0 Å². The molecule has 2 aromatic heterocycles. The number of aromatic nitrogens is 2. The van der Waals surface area contributed by atoms with Crippen LogP contribution >= 0.6 is 0 Å². The number of nitrogens with zero attached hydrogens (tertiary/aromatic N) is 2. The van der Waals surface area contributed by atoms with Gasteiger partial charge in [-0.15, -0.1) is 0 Å². The molecule has 1 fully saturated rings. The normalized spacial score (nSPS) is 18.7. The van der Waals surface area contributed by atoms with E-state index in [0.29, 0.717) is 43.5 Å². The second-order valence-corrected chi connectivity index (χ2v) is 26.4. The Kier molecular flexibility index (Phi) is 14.0. The van der Waals surface area contributed by atoms with Crippen molar-refractivity contribution >= 4 is 50.2 Å². The van der Waals surface area contributed by atoms with Crippen LogP contribution < -0.4 is 0 Å². The molecule has 11 nitrogen and oxygen atoms in total. The number of ether oxygens (including phenoxy) is 4. The number of fused-ring (bicyclic) bond motifs is 2. The molecule has 4 atom stereocenters. The Morgan fingerprint density at radius 1 is 0.615 bits per heavy atom. The molecule has 0 bridgehead atoms. The van der Waals surface area contributed by atoms with Crippen LogP contribution in [0.1, 0.15) is 43.9 Å². The molecule has 65 heavy (non-hydrogen) atoms. The van der Waals surface area contributed by atoms with Crippen molar-refractivity contribution in [3.05, 3.63) is 169 Å². The van der Waals surface area contributed by atoms with Gasteiger partial charge in [0, 0.05) is 29.6 Å². The second-order valence-electron chi connectivity index (χ2n) is 18.0. The van der Waals surface area contributed by atoms with Crippen molar-refractivity contribution in [2.24, 2.45) is 0 Å². The molecule has 1 saturated heterocycles. The smallest absolute Gasteiger partial charge is 0.268 e. The minimum Gasteiger partial charge on any atom is -0.409 e. The maximum absolute atomic E-state index is 13.8. The standard InChI is InChI=1S/C51H58N2O9S2Si/c1-51(2,3)65(4,5)62-48-33-47(60-36-38-19-9-6-10-20-38)49(37-58-31-29-39-34-52(45-27-17-15-25-43(39)45)63(54,55)41-21-11-7-12-22-41)61-50(48)59-32-30-40-35-53(46-28-18-16-26-44(40)46)64(56,57)42-23-13-8-14-24-42/h6-28,34-35,47-50H,29-33,36-37H2,1-5H3/t47-,48+,49+,50-/m0/s1. The molecule has 0 N–H and O–H groups in total. The summed E-state index contributed by atoms with van der Waals surface area (Å²) in [4.78, 5) is 0.430. The van der Waals surface area contributed by atoms with Gasteiger partial charge in [0.15, 0.2) is 14.6 Å². The van der Waals surface area contributed by atoms with Gasteiger partial charge in [0.05, 0.1) is 59.5 Å². The predicted octanol–water partition coefficient (Wildman–Crippen LogP) is 9.98. The predicted molar refractivity (Wildman–Crippen MR) is 256 cm³/mol. The van der Waals surface area contributed by atoms with Crippen LogP contribution in [0.2, 0.25) is 18.1 Å². The highest BCUT2D eigenvalue weighted by Crippen LogP contribution is 2.40. The van der Waals surface area contributed by atoms with E-state index < -0.39 is 53.0 Å². The quantitative estimate of drug-likeness (QED) is 0.0611. The summed E-state index contributed by atoms with van der Waals surface area (Å²) in [5, 5.41) is 1.58. The SMILES string of the molecule is CC(C)(C)[Si](C)(C)O[C@@H]1C[C@H](OCc2ccccc2)[C@@H](COCCc2cn(S(=O)(=O)c3ccccc3)c3ccccc23)O[C@@H]1OCCc1cn(S(=O)(=O)c2ccccc2)c2ccccc12. The van der Waals surface area contributed by atoms with Crippen LogP contribution in [0.3, 0.4) is 0 Å². The summed E-state index contributed by atoms with van der Waals surface area (Å²) in [5.41, 5.74) is 3.91. The van der Waals surface area contributed by atoms with Crippen LogP contribution in [-0.2, 0) is 62.9 Å². The summed E-state index contributed by atoms with van der Waals surface area (Å²) in [6.07, 6.45) is 2.63. The fourth-order valence-corrected chi connectivity index (χ4v) is 12.2. The van der Waals surface area contributed by atoms with Crippen LogP contribution in [0.15, 0.2) is 162 Å². The van der Waals surface area contributed by atoms with Crippen molar-refractivity contribution in [1.29, 1.82) is 0 Å². The zero-order chi connectivity index (χ0) is 45.8. The van der Waals surface area contributed by atoms with E-state index in [1.165, 1.54) is 7.94 Å². The highest BCUT2D eigenvalue weighted by molar-refractivity contribution is 7.90. The Morgan fingerprint density at radius 3 is 1.62 bits per heavy atom. The van der Waals surface area contributed by atoms with Gasteiger partial charge in [-0.3, -0.25) is 0 Å². The first-order valence-electron chi connectivity index (χ1n) is 22.1. The van der Waals surface area contributed by atoms with Crippen molar-refractivity contribution in [1.82, 2.24) is 7.94 Å². The van der Waals surface area contributed by atoms with Crippen molar-refractivity contribution < 1.29 is 40.2 Å². The van der Waals surface area contributed by atoms with E-state index in [0.717, 1.165) is 27.5 Å². The summed E-state index contributed by atoms with van der Waals surface area (Å²) in [5.74, 6) is 0. The fourth-order valence-electron chi connectivity index (χ4n) is 8.06. The van der Waals surface area contributed by atoms with E-state index in [1.54, 1.807) is 73.1 Å². The van der Waals surface area contributed by atoms with Crippen molar-refractivity contribution in [2.75, 3.05) is 19.8 Å². The molecule has 8 rings (SSSR count). The third-order valence-corrected chi connectivity index (χ3v) is 20.5. The van der Waals surface area contributed by atoms with Crippen LogP contribution in [0.5, 0.6) is 0 Å². The lowest BCUT2D eigenvalue weighted by molar-refractivity contribution is -0.276. The maximum atomic E-state index is 13.8. The van der Waals surface area contributed by atoms with Crippen LogP contribution in [-0.4, -0.2) is 77.5 Å². The van der Waals surface area contributed by atoms with E-state index in [-0.39, 0.29) is 28.0 Å². The molecule has 0 aliphatic carbocycles. The molecule has 1 aliphatic heterocycles. The van der Waals surface area contributed by atoms with Gasteiger partial charge >= 0.3 is 0 Å². The molecular formula is C51H58N2O9S2Si. The molecule has 0 amide bonds. The number of rotatable bonds is 18. The average molecular weight is 935 g/mol. The maximum Gasteiger partial charge on any atom is 0.268 e. The van der Waals surface area contributed by atoms with Gasteiger partial charge in [-0.1, -0.05) is 124 Å². The van der Waals surface area contributed by atoms with E-state index >= 15 is 0 Å². The van der Waals surface area contributed by atoms with E-state index in [4.69, 9.17) is 23.4 Å². The van der Waals surface area contributed by atoms with E-state index in [9.17, 15) is 16.8 Å². The summed E-state index contributed by atoms with van der Waals surface area (Å²) < 4.78 is 91.6. The van der Waals surface area contributed by atoms with Gasteiger partial charge in [-0.25, -0.2) is 24.8 Å². The lowest BCUT2D eigenvalue weighted by Gasteiger charge is -2.46. The lowest BCUT2D eigenvalue weighted by atomic mass is 10.0. The molecular weight excluding hydrogens is 877 g/mol. The Hall–Kier alpha value is -4.90. The first-order valence-corrected chi connectivity index (χ1v) is 27.9. The van der Waals surface area contributed by atoms with Gasteiger partial charge in [0.2, 0.25) is 0 Å². The van der Waals surface area contributed by atoms with Crippen LogP contribution in [0, 0.1) is 0 Å². The van der Waals surface area contributed by atoms with E-state index in [2.05, 4.69) is 33.9 Å². The molecule has 7 aromatic rings. The van der Waals surface area contributed by atoms with Gasteiger partial charge < -0.3 is 23.4 Å². The van der Waals surface area contributed by atoms with Gasteiger partial charge in [-0.05, 0) is 84.1 Å². The molecule has 0 spiro atoms. The van der Waals surface area contributed by atoms with Crippen molar-refractivity contribution in [2.45, 2.75) is 99.2 Å². The Bertz CT molecular complexity index is 2920. The van der Waals surface area contributed by atoms with E-state index in [1.807, 2.05) is 78.9 Å². The average Bonchev–Trinajstić information content (AvgIpc) is 3.88. The molecule has 3 heterocycles. The third-order valence-electron chi connectivity index (χ3n) is 12.6. The molecule has 0 saturated carbocycles. The van der Waals surface area contributed by atoms with Crippen molar-refractivity contribution in [3.8, 4) is 0 Å². The summed E-state index contributed by atoms with van der Waals surface area (Å²) in [6, 6.07) is 41.9. The topological polar surface area (TPSA) is 124 Å². The molecule has 0 unspecified atom stereocenters. The van der Waals surface area contributed by atoms with Crippen LogP contribution in [0.25, 0.3) is 21.8 Å². The Morgan fingerprint density at radius 2 is 1.09 bits per heavy atom. The minimum atomic E-state index is -3.85. The largest absolute Gasteiger partial charge is 0.409 e. The summed E-state index contributed by atoms with van der Waals surface area (Å²) >= 11 is 0. The first-order chi connectivity index (χ1) is 31.1. The van der Waals surface area contributed by atoms with Gasteiger partial charge in [-0.2, -0.15) is 0 Å². The first kappa shape index (κ1) is 46.6. The lowest BCUT2D eigenvalue weighted by Crippen LogP contribution is -2.56. The summed E-state index contributed by atoms with van der Waals surface area (Å²) in [6.45, 7) is 12.1. The zero-order valence-corrected chi connectivity index (χ0v) is 40.2. The Labute approximate surface area is 384 Å². The highest BCUT2D eigenvalue weighted by atomic mass is 32.2. The summed E-state index contributed by atoms with van der Waals surface area (Å²) in [7, 11) is -10.0. The Balaban J connectivity index is 1.02. The van der Waals surface area contributed by atoms with Crippen LogP contribution in [0.4, 0.5) is 0 Å². The number of benzene rings is 5. The molecule has 0 radical (unpaired) electrons. The monoisotopic (exact) mass is 934 g/mol. The number of hydrogen-bond acceptors (Lipinski definition) is 9. The van der Waals surface area contributed by atoms with Crippen molar-refractivity contribution in [3.63, 3.8) is 0 Å². The third kappa shape index (κ3) is 10.3. The number of para-hydroxylation sites is 2. The molecule has 342 valence electrons. The fraction of sp³-hybridized carbons (Fsp3) is 0.333. The van der Waals surface area contributed by atoms with Gasteiger partial charge in [0.1, 0.15) is 6.10 Å². The zero-order valence-electron chi connectivity index (χ0n) is 37.6. The molecule has 5 aromatic carbocycles. The molecule has 14 heteroatoms. The highest BCUT2D eigenvalue weighted by Gasteiger charge is 2.46. The number of hydrogen-bond donors (Lipinski definition) is 0. The molecule has 1 aliphatic rings. The minimum absolute atomic E-state index is 0.0898. The second kappa shape index (κ2) is 19.5.